The summed E-state index contributed by atoms with van der Waals surface area (Å²) in [6.07, 6.45) is 0. The van der Waals surface area contributed by atoms with Crippen LogP contribution in [0.25, 0.3) is 43.8 Å². The molecule has 25 heavy (non-hydrogen) atoms. The fourth-order valence-corrected chi connectivity index (χ4v) is 3.51. The van der Waals surface area contributed by atoms with E-state index in [1.54, 1.807) is 24.3 Å². The molecule has 0 unspecified atom stereocenters. The maximum absolute atomic E-state index is 10.2. The molecule has 1 aromatic heterocycles. The molecule has 0 aliphatic heterocycles. The number of benzene rings is 4. The Hall–Kier alpha value is -3.46. The Morgan fingerprint density at radius 1 is 0.600 bits per heavy atom. The second-order valence-corrected chi connectivity index (χ2v) is 6.15. The Bertz CT molecular complexity index is 1260. The molecular formula is C22H14O3. The van der Waals surface area contributed by atoms with Crippen LogP contribution in [0.4, 0.5) is 0 Å². The SMILES string of the molecule is Oc1ccc2c(c1)c1ccccc1c1oc(-c3ccccc3O)cc21. The number of hydrogen-bond acceptors (Lipinski definition) is 3. The molecule has 0 aliphatic rings. The zero-order valence-electron chi connectivity index (χ0n) is 13.2. The summed E-state index contributed by atoms with van der Waals surface area (Å²) in [5, 5.41) is 25.0. The smallest absolute Gasteiger partial charge is 0.143 e. The fourth-order valence-electron chi connectivity index (χ4n) is 3.51. The van der Waals surface area contributed by atoms with Crippen LogP contribution < -0.4 is 0 Å². The Morgan fingerprint density at radius 2 is 1.32 bits per heavy atom. The molecule has 0 saturated carbocycles. The zero-order chi connectivity index (χ0) is 17.0. The standard InChI is InChI=1S/C22H14O3/c23-13-9-10-15-18(11-13)14-5-1-2-6-16(14)22-19(15)12-21(25-22)17-7-3-4-8-20(17)24/h1-12,23-24H. The number of rotatable bonds is 1. The number of aromatic hydroxyl groups is 2. The van der Waals surface area contributed by atoms with Crippen molar-refractivity contribution in [1.29, 1.82) is 0 Å². The van der Waals surface area contributed by atoms with Crippen LogP contribution in [0.1, 0.15) is 0 Å². The lowest BCUT2D eigenvalue weighted by Gasteiger charge is -2.06. The van der Waals surface area contributed by atoms with Crippen LogP contribution in [0.3, 0.4) is 0 Å². The second kappa shape index (κ2) is 5.02. The summed E-state index contributed by atoms with van der Waals surface area (Å²) in [6, 6.07) is 22.5. The first kappa shape index (κ1) is 13.9. The summed E-state index contributed by atoms with van der Waals surface area (Å²) in [6.45, 7) is 0. The normalized spacial score (nSPS) is 11.5. The molecule has 0 spiro atoms. The highest BCUT2D eigenvalue weighted by Crippen LogP contribution is 2.41. The molecule has 0 bridgehead atoms. The zero-order valence-corrected chi connectivity index (χ0v) is 13.2. The lowest BCUT2D eigenvalue weighted by molar-refractivity contribution is 0.474. The monoisotopic (exact) mass is 326 g/mol. The Morgan fingerprint density at radius 3 is 2.16 bits per heavy atom. The van der Waals surface area contributed by atoms with Crippen molar-refractivity contribution in [3.63, 3.8) is 0 Å². The number of hydrogen-bond donors (Lipinski definition) is 2. The van der Waals surface area contributed by atoms with Crippen molar-refractivity contribution in [2.75, 3.05) is 0 Å². The van der Waals surface area contributed by atoms with Crippen LogP contribution in [0.15, 0.2) is 77.2 Å². The van der Waals surface area contributed by atoms with Gasteiger partial charge in [0.25, 0.3) is 0 Å². The molecule has 0 radical (unpaired) electrons. The number of fused-ring (bicyclic) bond motifs is 6. The first-order valence-electron chi connectivity index (χ1n) is 8.08. The number of furan rings is 1. The van der Waals surface area contributed by atoms with Crippen LogP contribution in [-0.4, -0.2) is 10.2 Å². The third-order valence-electron chi connectivity index (χ3n) is 4.66. The van der Waals surface area contributed by atoms with E-state index in [1.165, 1.54) is 0 Å². The van der Waals surface area contributed by atoms with Crippen LogP contribution in [0, 0.1) is 0 Å². The second-order valence-electron chi connectivity index (χ2n) is 6.15. The molecule has 0 atom stereocenters. The molecular weight excluding hydrogens is 312 g/mol. The minimum Gasteiger partial charge on any atom is -0.508 e. The van der Waals surface area contributed by atoms with Crippen molar-refractivity contribution >= 4 is 32.5 Å². The number of para-hydroxylation sites is 1. The van der Waals surface area contributed by atoms with Crippen molar-refractivity contribution in [1.82, 2.24) is 0 Å². The van der Waals surface area contributed by atoms with Crippen molar-refractivity contribution in [3.05, 3.63) is 72.8 Å². The van der Waals surface area contributed by atoms with E-state index >= 15 is 0 Å². The molecule has 2 N–H and O–H groups in total. The Balaban J connectivity index is 1.98. The Kier molecular flexibility index (Phi) is 2.80. The van der Waals surface area contributed by atoms with Gasteiger partial charge in [0.1, 0.15) is 22.8 Å². The molecule has 1 heterocycles. The molecule has 5 aromatic rings. The highest BCUT2D eigenvalue weighted by molar-refractivity contribution is 6.24. The van der Waals surface area contributed by atoms with E-state index in [1.807, 2.05) is 48.5 Å². The summed E-state index contributed by atoms with van der Waals surface area (Å²) in [5.41, 5.74) is 1.45. The molecule has 4 aromatic carbocycles. The third kappa shape index (κ3) is 1.99. The van der Waals surface area contributed by atoms with Gasteiger partial charge in [-0.15, -0.1) is 0 Å². The van der Waals surface area contributed by atoms with Gasteiger partial charge in [0, 0.05) is 10.8 Å². The predicted molar refractivity (Wildman–Crippen MR) is 100.0 cm³/mol. The third-order valence-corrected chi connectivity index (χ3v) is 4.66. The highest BCUT2D eigenvalue weighted by atomic mass is 16.3. The summed E-state index contributed by atoms with van der Waals surface area (Å²) < 4.78 is 6.16. The Labute approximate surface area is 143 Å². The van der Waals surface area contributed by atoms with E-state index in [9.17, 15) is 10.2 Å². The van der Waals surface area contributed by atoms with E-state index in [4.69, 9.17) is 4.42 Å². The first-order valence-corrected chi connectivity index (χ1v) is 8.08. The lowest BCUT2D eigenvalue weighted by atomic mass is 9.98. The van der Waals surface area contributed by atoms with Gasteiger partial charge in [0.2, 0.25) is 0 Å². The molecule has 5 rings (SSSR count). The molecule has 0 saturated heterocycles. The van der Waals surface area contributed by atoms with Crippen LogP contribution >= 0.6 is 0 Å². The summed E-state index contributed by atoms with van der Waals surface area (Å²) in [7, 11) is 0. The average Bonchev–Trinajstić information content (AvgIpc) is 3.07. The molecule has 3 heteroatoms. The molecule has 0 aliphatic carbocycles. The van der Waals surface area contributed by atoms with Gasteiger partial charge < -0.3 is 14.6 Å². The summed E-state index contributed by atoms with van der Waals surface area (Å²) in [4.78, 5) is 0. The summed E-state index contributed by atoms with van der Waals surface area (Å²) >= 11 is 0. The minimum absolute atomic E-state index is 0.188. The van der Waals surface area contributed by atoms with Crippen LogP contribution in [0.2, 0.25) is 0 Å². The predicted octanol–water partition coefficient (Wildman–Crippen LogP) is 5.82. The van der Waals surface area contributed by atoms with Gasteiger partial charge in [0.15, 0.2) is 0 Å². The van der Waals surface area contributed by atoms with E-state index in [0.29, 0.717) is 11.3 Å². The van der Waals surface area contributed by atoms with Crippen molar-refractivity contribution in [2.45, 2.75) is 0 Å². The van der Waals surface area contributed by atoms with Gasteiger partial charge in [-0.1, -0.05) is 36.4 Å². The fraction of sp³-hybridized carbons (Fsp3) is 0. The largest absolute Gasteiger partial charge is 0.508 e. The van der Waals surface area contributed by atoms with E-state index in [2.05, 4.69) is 0 Å². The van der Waals surface area contributed by atoms with E-state index in [-0.39, 0.29) is 11.5 Å². The lowest BCUT2D eigenvalue weighted by Crippen LogP contribution is -1.79. The average molecular weight is 326 g/mol. The molecule has 0 fully saturated rings. The van der Waals surface area contributed by atoms with Crippen molar-refractivity contribution in [3.8, 4) is 22.8 Å². The van der Waals surface area contributed by atoms with Crippen molar-refractivity contribution in [2.24, 2.45) is 0 Å². The van der Waals surface area contributed by atoms with E-state index < -0.39 is 0 Å². The maximum atomic E-state index is 10.2. The number of phenols is 2. The molecule has 3 nitrogen and oxygen atoms in total. The van der Waals surface area contributed by atoms with Gasteiger partial charge in [0.05, 0.1) is 5.56 Å². The quantitative estimate of drug-likeness (QED) is 0.382. The highest BCUT2D eigenvalue weighted by Gasteiger charge is 2.16. The first-order chi connectivity index (χ1) is 12.2. The van der Waals surface area contributed by atoms with Gasteiger partial charge in [-0.3, -0.25) is 0 Å². The molecule has 120 valence electrons. The van der Waals surface area contributed by atoms with E-state index in [0.717, 1.165) is 32.5 Å². The van der Waals surface area contributed by atoms with Gasteiger partial charge in [-0.2, -0.15) is 0 Å². The van der Waals surface area contributed by atoms with Gasteiger partial charge in [-0.25, -0.2) is 0 Å². The van der Waals surface area contributed by atoms with Crippen LogP contribution in [0.5, 0.6) is 11.5 Å². The van der Waals surface area contributed by atoms with Crippen molar-refractivity contribution < 1.29 is 14.6 Å². The summed E-state index contributed by atoms with van der Waals surface area (Å²) in [5.74, 6) is 1.05. The number of phenolic OH excluding ortho intramolecular Hbond substituents is 2. The van der Waals surface area contributed by atoms with Crippen LogP contribution in [-0.2, 0) is 0 Å². The van der Waals surface area contributed by atoms with Gasteiger partial charge >= 0.3 is 0 Å². The minimum atomic E-state index is 0.188. The molecule has 0 amide bonds. The topological polar surface area (TPSA) is 53.6 Å². The maximum Gasteiger partial charge on any atom is 0.143 e. The van der Waals surface area contributed by atoms with Gasteiger partial charge in [-0.05, 0) is 52.6 Å².